The van der Waals surface area contributed by atoms with Crippen molar-refractivity contribution >= 4 is 11.6 Å². The Kier molecular flexibility index (Phi) is 5.45. The predicted molar refractivity (Wildman–Crippen MR) is 66.1 cm³/mol. The number of amides is 1. The molecule has 0 heterocycles. The molecule has 0 aromatic heterocycles. The lowest BCUT2D eigenvalue weighted by Gasteiger charge is -2.11. The number of methoxy groups -OCH3 is 1. The Balaban J connectivity index is 2.78. The molecule has 0 atom stereocenters. The fourth-order valence-electron chi connectivity index (χ4n) is 1.50. The number of hydrogen-bond donors (Lipinski definition) is 3. The maximum absolute atomic E-state index is 10.9. The summed E-state index contributed by atoms with van der Waals surface area (Å²) in [5.41, 5.74) is 1.67. The summed E-state index contributed by atoms with van der Waals surface area (Å²) in [7, 11) is 1.60. The van der Waals surface area contributed by atoms with E-state index in [4.69, 9.17) is 9.84 Å². The molecule has 1 rings (SSSR count). The summed E-state index contributed by atoms with van der Waals surface area (Å²) < 4.78 is 5.22. The third-order valence-electron chi connectivity index (χ3n) is 2.20. The van der Waals surface area contributed by atoms with Gasteiger partial charge in [0.15, 0.2) is 0 Å². The number of nitrogens with one attached hydrogen (secondary N) is 2. The zero-order valence-corrected chi connectivity index (χ0v) is 10.1. The van der Waals surface area contributed by atoms with Gasteiger partial charge in [0.25, 0.3) is 0 Å². The minimum absolute atomic E-state index is 0.0910. The molecule has 0 bridgehead atoms. The van der Waals surface area contributed by atoms with E-state index in [9.17, 15) is 4.79 Å². The molecule has 0 fully saturated rings. The van der Waals surface area contributed by atoms with Crippen molar-refractivity contribution in [2.75, 3.05) is 25.6 Å². The highest BCUT2D eigenvalue weighted by molar-refractivity contribution is 5.88. The number of ether oxygens (including phenoxy) is 1. The minimum atomic E-state index is -0.107. The predicted octanol–water partition coefficient (Wildman–Crippen LogP) is 0.735. The standard InChI is InChI=1S/C12H18N2O3/c1-9(16)14-11-3-4-12(17-2)10(7-11)8-13-5-6-15/h3-4,7,13,15H,5-6,8H2,1-2H3,(H,14,16). The lowest BCUT2D eigenvalue weighted by molar-refractivity contribution is -0.114. The van der Waals surface area contributed by atoms with Gasteiger partial charge in [0.1, 0.15) is 5.75 Å². The molecule has 1 aromatic rings. The smallest absolute Gasteiger partial charge is 0.221 e. The van der Waals surface area contributed by atoms with E-state index in [1.807, 2.05) is 6.07 Å². The topological polar surface area (TPSA) is 70.6 Å². The van der Waals surface area contributed by atoms with Crippen LogP contribution in [0.25, 0.3) is 0 Å². The van der Waals surface area contributed by atoms with E-state index in [-0.39, 0.29) is 12.5 Å². The molecule has 5 nitrogen and oxygen atoms in total. The van der Waals surface area contributed by atoms with E-state index in [0.29, 0.717) is 13.1 Å². The van der Waals surface area contributed by atoms with Gasteiger partial charge in [0.2, 0.25) is 5.91 Å². The molecule has 0 unspecified atom stereocenters. The quantitative estimate of drug-likeness (QED) is 0.639. The number of anilines is 1. The van der Waals surface area contributed by atoms with Crippen LogP contribution < -0.4 is 15.4 Å². The molecule has 0 saturated heterocycles. The van der Waals surface area contributed by atoms with Crippen LogP contribution in [-0.4, -0.2) is 31.3 Å². The van der Waals surface area contributed by atoms with Gasteiger partial charge in [-0.25, -0.2) is 0 Å². The van der Waals surface area contributed by atoms with E-state index in [0.717, 1.165) is 17.0 Å². The van der Waals surface area contributed by atoms with Gasteiger partial charge in [-0.05, 0) is 18.2 Å². The molecule has 0 spiro atoms. The zero-order chi connectivity index (χ0) is 12.7. The molecule has 1 aromatic carbocycles. The van der Waals surface area contributed by atoms with Gasteiger partial charge >= 0.3 is 0 Å². The Labute approximate surface area is 101 Å². The van der Waals surface area contributed by atoms with Crippen molar-refractivity contribution in [3.05, 3.63) is 23.8 Å². The number of carbonyl (C=O) groups excluding carboxylic acids is 1. The van der Waals surface area contributed by atoms with Crippen LogP contribution >= 0.6 is 0 Å². The van der Waals surface area contributed by atoms with Gasteiger partial charge in [0.05, 0.1) is 13.7 Å². The van der Waals surface area contributed by atoms with Crippen molar-refractivity contribution in [2.24, 2.45) is 0 Å². The van der Waals surface area contributed by atoms with Crippen LogP contribution in [0.4, 0.5) is 5.69 Å². The van der Waals surface area contributed by atoms with Gasteiger partial charge in [-0.3, -0.25) is 4.79 Å². The van der Waals surface area contributed by atoms with Crippen LogP contribution in [0.3, 0.4) is 0 Å². The second-order valence-corrected chi connectivity index (χ2v) is 3.61. The third-order valence-corrected chi connectivity index (χ3v) is 2.20. The van der Waals surface area contributed by atoms with Crippen LogP contribution in [0.5, 0.6) is 5.75 Å². The Morgan fingerprint density at radius 2 is 2.24 bits per heavy atom. The van der Waals surface area contributed by atoms with E-state index in [2.05, 4.69) is 10.6 Å². The zero-order valence-electron chi connectivity index (χ0n) is 10.1. The van der Waals surface area contributed by atoms with Gasteiger partial charge in [-0.15, -0.1) is 0 Å². The molecular formula is C12H18N2O3. The number of aliphatic hydroxyl groups excluding tert-OH is 1. The molecule has 5 heteroatoms. The summed E-state index contributed by atoms with van der Waals surface area (Å²) in [6.45, 7) is 2.66. The minimum Gasteiger partial charge on any atom is -0.496 e. The van der Waals surface area contributed by atoms with Crippen molar-refractivity contribution in [2.45, 2.75) is 13.5 Å². The highest BCUT2D eigenvalue weighted by atomic mass is 16.5. The summed E-state index contributed by atoms with van der Waals surface area (Å²) in [6, 6.07) is 5.45. The van der Waals surface area contributed by atoms with Crippen LogP contribution in [0.2, 0.25) is 0 Å². The summed E-state index contributed by atoms with van der Waals surface area (Å²) in [4.78, 5) is 10.9. The second kappa shape index (κ2) is 6.88. The monoisotopic (exact) mass is 238 g/mol. The number of benzene rings is 1. The van der Waals surface area contributed by atoms with Crippen molar-refractivity contribution in [1.29, 1.82) is 0 Å². The Morgan fingerprint density at radius 3 is 2.82 bits per heavy atom. The van der Waals surface area contributed by atoms with Crippen molar-refractivity contribution in [1.82, 2.24) is 5.32 Å². The molecule has 1 amide bonds. The normalized spacial score (nSPS) is 10.1. The summed E-state index contributed by atoms with van der Waals surface area (Å²) in [6.07, 6.45) is 0. The number of aliphatic hydroxyl groups is 1. The highest BCUT2D eigenvalue weighted by Gasteiger charge is 2.05. The first-order chi connectivity index (χ1) is 8.17. The molecule has 94 valence electrons. The fourth-order valence-corrected chi connectivity index (χ4v) is 1.50. The molecule has 0 aliphatic carbocycles. The maximum atomic E-state index is 10.9. The molecule has 0 saturated carbocycles. The fraction of sp³-hybridized carbons (Fsp3) is 0.417. The molecule has 0 aliphatic heterocycles. The van der Waals surface area contributed by atoms with E-state index < -0.39 is 0 Å². The number of hydrogen-bond acceptors (Lipinski definition) is 4. The van der Waals surface area contributed by atoms with E-state index in [1.54, 1.807) is 19.2 Å². The van der Waals surface area contributed by atoms with Crippen molar-refractivity contribution in [3.63, 3.8) is 0 Å². The maximum Gasteiger partial charge on any atom is 0.221 e. The average Bonchev–Trinajstić information content (AvgIpc) is 2.29. The molecule has 3 N–H and O–H groups in total. The Morgan fingerprint density at radius 1 is 1.47 bits per heavy atom. The van der Waals surface area contributed by atoms with E-state index >= 15 is 0 Å². The molecule has 0 aliphatic rings. The van der Waals surface area contributed by atoms with Gasteiger partial charge in [0, 0.05) is 31.3 Å². The first-order valence-electron chi connectivity index (χ1n) is 5.43. The molecule has 17 heavy (non-hydrogen) atoms. The van der Waals surface area contributed by atoms with Crippen molar-refractivity contribution < 1.29 is 14.6 Å². The lowest BCUT2D eigenvalue weighted by atomic mass is 10.1. The van der Waals surface area contributed by atoms with Gasteiger partial charge in [-0.1, -0.05) is 0 Å². The summed E-state index contributed by atoms with van der Waals surface area (Å²) in [5, 5.41) is 14.5. The Hall–Kier alpha value is -1.59. The lowest BCUT2D eigenvalue weighted by Crippen LogP contribution is -2.18. The van der Waals surface area contributed by atoms with Crippen LogP contribution in [-0.2, 0) is 11.3 Å². The van der Waals surface area contributed by atoms with Crippen LogP contribution in [0.15, 0.2) is 18.2 Å². The first kappa shape index (κ1) is 13.5. The SMILES string of the molecule is COc1ccc(NC(C)=O)cc1CNCCO. The van der Waals surface area contributed by atoms with Crippen LogP contribution in [0, 0.1) is 0 Å². The van der Waals surface area contributed by atoms with E-state index in [1.165, 1.54) is 6.92 Å². The van der Waals surface area contributed by atoms with Crippen LogP contribution in [0.1, 0.15) is 12.5 Å². The average molecular weight is 238 g/mol. The largest absolute Gasteiger partial charge is 0.496 e. The highest BCUT2D eigenvalue weighted by Crippen LogP contribution is 2.22. The molecule has 0 radical (unpaired) electrons. The number of rotatable bonds is 6. The third kappa shape index (κ3) is 4.42. The Bertz CT molecular complexity index is 380. The second-order valence-electron chi connectivity index (χ2n) is 3.61. The van der Waals surface area contributed by atoms with Gasteiger partial charge < -0.3 is 20.5 Å². The van der Waals surface area contributed by atoms with Crippen molar-refractivity contribution in [3.8, 4) is 5.75 Å². The number of carbonyl (C=O) groups is 1. The molecular weight excluding hydrogens is 220 g/mol. The first-order valence-corrected chi connectivity index (χ1v) is 5.43. The summed E-state index contributed by atoms with van der Waals surface area (Å²) in [5.74, 6) is 0.647. The van der Waals surface area contributed by atoms with Gasteiger partial charge in [-0.2, -0.15) is 0 Å². The summed E-state index contributed by atoms with van der Waals surface area (Å²) >= 11 is 0.